The van der Waals surface area contributed by atoms with E-state index in [1.54, 1.807) is 26.0 Å². The van der Waals surface area contributed by atoms with E-state index in [1.165, 1.54) is 23.5 Å². The number of rotatable bonds is 17. The quantitative estimate of drug-likeness (QED) is 0.260. The summed E-state index contributed by atoms with van der Waals surface area (Å²) in [5.41, 5.74) is 6.37. The lowest BCUT2D eigenvalue weighted by molar-refractivity contribution is 0.0260. The first kappa shape index (κ1) is 33.2. The lowest BCUT2D eigenvalue weighted by Crippen LogP contribution is -2.47. The minimum absolute atomic E-state index is 0.0298. The van der Waals surface area contributed by atoms with Gasteiger partial charge in [0, 0.05) is 19.1 Å². The molecular weight excluding hydrogens is 531 g/mol. The Morgan fingerprint density at radius 2 is 1.63 bits per heavy atom. The summed E-state index contributed by atoms with van der Waals surface area (Å²) < 4.78 is 62.2. The molecule has 12 heteroatoms. The average molecular weight is 579 g/mol. The Bertz CT molecular complexity index is 958. The van der Waals surface area contributed by atoms with Crippen molar-refractivity contribution in [1.82, 2.24) is 4.31 Å². The average Bonchev–Trinajstić information content (AvgIpc) is 2.88. The topological polar surface area (TPSA) is 138 Å². The van der Waals surface area contributed by atoms with Gasteiger partial charge in [-0.3, -0.25) is 4.57 Å². The molecule has 0 bridgehead atoms. The lowest BCUT2D eigenvalue weighted by Gasteiger charge is -2.33. The number of sulfonamides is 1. The number of nitrogens with zero attached hydrogens (tertiary/aromatic N) is 1. The van der Waals surface area contributed by atoms with Crippen molar-refractivity contribution in [1.29, 1.82) is 0 Å². The molecular formula is C26H47N2O8PS. The van der Waals surface area contributed by atoms with Crippen LogP contribution in [0.3, 0.4) is 0 Å². The molecule has 1 saturated carbocycles. The van der Waals surface area contributed by atoms with Crippen LogP contribution < -0.4 is 10.5 Å². The molecule has 0 heterocycles. The predicted octanol–water partition coefficient (Wildman–Crippen LogP) is 4.22. The maximum absolute atomic E-state index is 13.3. The molecule has 0 radical (unpaired) electrons. The standard InChI is InChI=1S/C26H47N2O8PS/c1-6-35-37(30,36-7-2)19-34-23-10-8-21(9-11-23)16-25(27)26(29)18-28(17-20(3)4)38(31,32)24-14-12-22(33-5)13-15-24/h12-15,20-21,23,25-26,29H,6-11,16-19,27H2,1-5H3/t21?,23?,25-,26+/m0/s1. The van der Waals surface area contributed by atoms with E-state index in [2.05, 4.69) is 0 Å². The first-order chi connectivity index (χ1) is 17.9. The van der Waals surface area contributed by atoms with Crippen LogP contribution in [0.1, 0.15) is 59.8 Å². The normalized spacial score (nSPS) is 20.6. The first-order valence-corrected chi connectivity index (χ1v) is 16.7. The van der Waals surface area contributed by atoms with Gasteiger partial charge in [0.05, 0.1) is 37.4 Å². The summed E-state index contributed by atoms with van der Waals surface area (Å²) >= 11 is 0. The molecule has 0 amide bonds. The number of aliphatic hydroxyl groups excluding tert-OH is 1. The highest BCUT2D eigenvalue weighted by Gasteiger charge is 2.32. The van der Waals surface area contributed by atoms with E-state index < -0.39 is 29.8 Å². The number of aliphatic hydroxyl groups is 1. The van der Waals surface area contributed by atoms with Crippen molar-refractivity contribution in [3.63, 3.8) is 0 Å². The van der Waals surface area contributed by atoms with E-state index in [-0.39, 0.29) is 36.4 Å². The second-order valence-electron chi connectivity index (χ2n) is 10.2. The molecule has 0 aromatic heterocycles. The van der Waals surface area contributed by atoms with Crippen molar-refractivity contribution < 1.29 is 36.6 Å². The van der Waals surface area contributed by atoms with Crippen LogP contribution in [-0.4, -0.2) is 75.8 Å². The smallest absolute Gasteiger partial charge is 0.356 e. The monoisotopic (exact) mass is 578 g/mol. The fraction of sp³-hybridized carbons (Fsp3) is 0.769. The molecule has 2 rings (SSSR count). The molecule has 1 aliphatic rings. The van der Waals surface area contributed by atoms with Crippen molar-refractivity contribution in [2.45, 2.75) is 82.9 Å². The van der Waals surface area contributed by atoms with Crippen LogP contribution in [0.15, 0.2) is 29.2 Å². The Kier molecular flexibility index (Phi) is 13.7. The Hall–Kier alpha value is -1.04. The number of benzene rings is 1. The first-order valence-electron chi connectivity index (χ1n) is 13.5. The zero-order valence-electron chi connectivity index (χ0n) is 23.5. The van der Waals surface area contributed by atoms with E-state index in [9.17, 15) is 18.1 Å². The molecule has 0 unspecified atom stereocenters. The van der Waals surface area contributed by atoms with Crippen LogP contribution in [0.25, 0.3) is 0 Å². The Morgan fingerprint density at radius 1 is 1.05 bits per heavy atom. The van der Waals surface area contributed by atoms with Crippen LogP contribution in [-0.2, 0) is 28.4 Å². The van der Waals surface area contributed by atoms with Gasteiger partial charge in [0.1, 0.15) is 12.1 Å². The van der Waals surface area contributed by atoms with Gasteiger partial charge in [-0.05, 0) is 82.1 Å². The highest BCUT2D eigenvalue weighted by Crippen LogP contribution is 2.48. The van der Waals surface area contributed by atoms with E-state index in [0.717, 1.165) is 25.7 Å². The van der Waals surface area contributed by atoms with Crippen molar-refractivity contribution in [2.75, 3.05) is 39.8 Å². The molecule has 0 saturated heterocycles. The van der Waals surface area contributed by atoms with Crippen molar-refractivity contribution in [3.8, 4) is 5.75 Å². The number of hydrogen-bond acceptors (Lipinski definition) is 9. The largest absolute Gasteiger partial charge is 0.497 e. The van der Waals surface area contributed by atoms with Crippen molar-refractivity contribution in [3.05, 3.63) is 24.3 Å². The molecule has 3 N–H and O–H groups in total. The van der Waals surface area contributed by atoms with E-state index in [0.29, 0.717) is 31.3 Å². The number of ether oxygens (including phenoxy) is 2. The number of nitrogens with two attached hydrogens (primary N) is 1. The summed E-state index contributed by atoms with van der Waals surface area (Å²) in [6.45, 7) is 8.20. The Morgan fingerprint density at radius 3 is 2.13 bits per heavy atom. The van der Waals surface area contributed by atoms with Gasteiger partial charge in [-0.15, -0.1) is 0 Å². The summed E-state index contributed by atoms with van der Waals surface area (Å²) in [4.78, 5) is 0.149. The second kappa shape index (κ2) is 15.7. The Balaban J connectivity index is 1.91. The molecule has 0 aliphatic heterocycles. The third-order valence-corrected chi connectivity index (χ3v) is 10.3. The van der Waals surface area contributed by atoms with Gasteiger partial charge in [-0.1, -0.05) is 13.8 Å². The summed E-state index contributed by atoms with van der Waals surface area (Å²) in [5, 5.41) is 10.9. The molecule has 0 spiro atoms. The van der Waals surface area contributed by atoms with Crippen molar-refractivity contribution in [2.24, 2.45) is 17.6 Å². The molecule has 2 atom stereocenters. The fourth-order valence-corrected chi connectivity index (χ4v) is 7.72. The second-order valence-corrected chi connectivity index (χ2v) is 14.2. The van der Waals surface area contributed by atoms with Crippen molar-refractivity contribution >= 4 is 17.6 Å². The molecule has 10 nitrogen and oxygen atoms in total. The summed E-state index contributed by atoms with van der Waals surface area (Å²) in [6.07, 6.45) is 2.79. The van der Waals surface area contributed by atoms with Crippen LogP contribution in [0.2, 0.25) is 0 Å². The molecule has 38 heavy (non-hydrogen) atoms. The maximum atomic E-state index is 13.3. The zero-order chi connectivity index (χ0) is 28.3. The molecule has 1 aromatic carbocycles. The highest BCUT2D eigenvalue weighted by atomic mass is 32.2. The molecule has 1 fully saturated rings. The van der Waals surface area contributed by atoms with E-state index >= 15 is 0 Å². The minimum Gasteiger partial charge on any atom is -0.497 e. The van der Waals surface area contributed by atoms with Gasteiger partial charge >= 0.3 is 7.60 Å². The Labute approximate surface area is 228 Å². The SMILES string of the molecule is CCOP(=O)(COC1CCC(C[C@H](N)[C@H](O)CN(CC(C)C)S(=O)(=O)c2ccc(OC)cc2)CC1)OCC. The molecule has 1 aromatic rings. The van der Waals surface area contributed by atoms with Crippen LogP contribution in [0, 0.1) is 11.8 Å². The lowest BCUT2D eigenvalue weighted by atomic mass is 9.82. The fourth-order valence-electron chi connectivity index (χ4n) is 4.70. The van der Waals surface area contributed by atoms with E-state index in [1.807, 2.05) is 13.8 Å². The number of hydrogen-bond donors (Lipinski definition) is 2. The summed E-state index contributed by atoms with van der Waals surface area (Å²) in [6, 6.07) is 5.67. The third-order valence-electron chi connectivity index (χ3n) is 6.67. The predicted molar refractivity (Wildman–Crippen MR) is 148 cm³/mol. The molecule has 1 aliphatic carbocycles. The highest BCUT2D eigenvalue weighted by molar-refractivity contribution is 7.89. The van der Waals surface area contributed by atoms with Crippen LogP contribution >= 0.6 is 7.60 Å². The summed E-state index contributed by atoms with van der Waals surface area (Å²) in [5.74, 6) is 0.934. The van der Waals surface area contributed by atoms with Crippen LogP contribution in [0.5, 0.6) is 5.75 Å². The van der Waals surface area contributed by atoms with Gasteiger partial charge in [0.15, 0.2) is 0 Å². The van der Waals surface area contributed by atoms with Crippen LogP contribution in [0.4, 0.5) is 0 Å². The van der Waals surface area contributed by atoms with E-state index in [4.69, 9.17) is 24.3 Å². The maximum Gasteiger partial charge on any atom is 0.356 e. The van der Waals surface area contributed by atoms with Gasteiger partial charge in [-0.25, -0.2) is 8.42 Å². The van der Waals surface area contributed by atoms with Gasteiger partial charge in [-0.2, -0.15) is 4.31 Å². The minimum atomic E-state index is -3.81. The van der Waals surface area contributed by atoms with Gasteiger partial charge < -0.3 is 29.4 Å². The zero-order valence-corrected chi connectivity index (χ0v) is 25.2. The summed E-state index contributed by atoms with van der Waals surface area (Å²) in [7, 11) is -5.53. The third kappa shape index (κ3) is 10.2. The number of methoxy groups -OCH3 is 1. The van der Waals surface area contributed by atoms with Gasteiger partial charge in [0.25, 0.3) is 0 Å². The molecule has 220 valence electrons. The van der Waals surface area contributed by atoms with Gasteiger partial charge in [0.2, 0.25) is 10.0 Å².